The van der Waals surface area contributed by atoms with Gasteiger partial charge >= 0.3 is 0 Å². The molecule has 0 radical (unpaired) electrons. The van der Waals surface area contributed by atoms with Crippen LogP contribution in [0.15, 0.2) is 9.13 Å². The first kappa shape index (κ1) is 17.0. The van der Waals surface area contributed by atoms with Gasteiger partial charge in [0.05, 0.1) is 10.6 Å². The highest BCUT2D eigenvalue weighted by atomic mass is 32.2. The van der Waals surface area contributed by atoms with Gasteiger partial charge in [-0.15, -0.1) is 21.5 Å². The predicted octanol–water partition coefficient (Wildman–Crippen LogP) is 3.86. The monoisotopic (exact) mass is 393 g/mol. The fourth-order valence-corrected chi connectivity index (χ4v) is 6.42. The van der Waals surface area contributed by atoms with Gasteiger partial charge in [0.1, 0.15) is 10.7 Å². The summed E-state index contributed by atoms with van der Waals surface area (Å²) < 4.78 is 0.860. The van der Waals surface area contributed by atoms with Crippen LogP contribution in [0.5, 0.6) is 0 Å². The van der Waals surface area contributed by atoms with Crippen molar-refractivity contribution < 1.29 is 0 Å². The van der Waals surface area contributed by atoms with Crippen molar-refractivity contribution in [1.82, 2.24) is 20.2 Å². The molecule has 0 fully saturated rings. The van der Waals surface area contributed by atoms with Crippen LogP contribution in [0.25, 0.3) is 10.2 Å². The second-order valence-corrected chi connectivity index (χ2v) is 10.0. The molecule has 0 unspecified atom stereocenters. The first-order valence-electron chi connectivity index (χ1n) is 8.27. The summed E-state index contributed by atoms with van der Waals surface area (Å²) >= 11 is 4.75. The number of nitrogens with zero attached hydrogens (tertiary/aromatic N) is 3. The zero-order chi connectivity index (χ0) is 17.6. The summed E-state index contributed by atoms with van der Waals surface area (Å²) in [6.45, 7) is 4.31. The Morgan fingerprint density at radius 2 is 2.20 bits per heavy atom. The second-order valence-electron chi connectivity index (χ2n) is 6.37. The number of thiophene rings is 1. The predicted molar refractivity (Wildman–Crippen MR) is 105 cm³/mol. The Morgan fingerprint density at radius 1 is 1.36 bits per heavy atom. The summed E-state index contributed by atoms with van der Waals surface area (Å²) in [6.07, 6.45) is 3.20. The maximum atomic E-state index is 12.7. The molecule has 132 valence electrons. The van der Waals surface area contributed by atoms with Crippen molar-refractivity contribution in [2.75, 3.05) is 12.4 Å². The minimum atomic E-state index is -0.00678. The molecule has 6 nitrogen and oxygen atoms in total. The van der Waals surface area contributed by atoms with Gasteiger partial charge in [0.25, 0.3) is 5.56 Å². The highest BCUT2D eigenvalue weighted by Crippen LogP contribution is 2.38. The largest absolute Gasteiger partial charge is 0.363 e. The molecule has 4 rings (SSSR count). The molecular weight excluding hydrogens is 374 g/mol. The lowest BCUT2D eigenvalue weighted by molar-refractivity contribution is 0.509. The lowest BCUT2D eigenvalue weighted by atomic mass is 9.89. The maximum Gasteiger partial charge on any atom is 0.259 e. The fraction of sp³-hybridized carbons (Fsp3) is 0.500. The van der Waals surface area contributed by atoms with Crippen LogP contribution >= 0.6 is 34.4 Å². The van der Waals surface area contributed by atoms with Crippen LogP contribution in [0.2, 0.25) is 0 Å². The average molecular weight is 394 g/mol. The van der Waals surface area contributed by atoms with E-state index in [0.29, 0.717) is 11.7 Å². The number of aromatic amines is 1. The maximum absolute atomic E-state index is 12.7. The van der Waals surface area contributed by atoms with Crippen LogP contribution in [0.3, 0.4) is 0 Å². The molecule has 0 aromatic carbocycles. The molecular formula is C16H19N5OS3. The number of thioether (sulfide) groups is 1. The van der Waals surface area contributed by atoms with E-state index in [1.807, 2.05) is 14.0 Å². The fourth-order valence-electron chi connectivity index (χ4n) is 3.12. The molecule has 3 heterocycles. The summed E-state index contributed by atoms with van der Waals surface area (Å²) in [5, 5.41) is 12.8. The van der Waals surface area contributed by atoms with Gasteiger partial charge in [0.2, 0.25) is 5.13 Å². The molecule has 3 aromatic rings. The van der Waals surface area contributed by atoms with Crippen LogP contribution in [0.1, 0.15) is 41.8 Å². The number of aromatic nitrogens is 4. The van der Waals surface area contributed by atoms with E-state index < -0.39 is 0 Å². The highest BCUT2D eigenvalue weighted by molar-refractivity contribution is 8.01. The van der Waals surface area contributed by atoms with Crippen molar-refractivity contribution in [1.29, 1.82) is 0 Å². The summed E-state index contributed by atoms with van der Waals surface area (Å²) in [4.78, 5) is 22.7. The molecule has 2 atom stereocenters. The summed E-state index contributed by atoms with van der Waals surface area (Å²) in [7, 11) is 1.82. The van der Waals surface area contributed by atoms with Gasteiger partial charge in [0.15, 0.2) is 4.34 Å². The molecule has 0 bridgehead atoms. The first-order valence-corrected chi connectivity index (χ1v) is 10.8. The van der Waals surface area contributed by atoms with Gasteiger partial charge in [-0.25, -0.2) is 4.98 Å². The number of H-pyrrole nitrogens is 1. The van der Waals surface area contributed by atoms with Crippen LogP contribution in [0, 0.1) is 5.92 Å². The van der Waals surface area contributed by atoms with Gasteiger partial charge in [-0.3, -0.25) is 4.79 Å². The van der Waals surface area contributed by atoms with Gasteiger partial charge in [-0.2, -0.15) is 0 Å². The summed E-state index contributed by atoms with van der Waals surface area (Å²) in [5.74, 6) is 1.39. The number of fused-ring (bicyclic) bond motifs is 3. The van der Waals surface area contributed by atoms with Gasteiger partial charge in [-0.05, 0) is 37.7 Å². The van der Waals surface area contributed by atoms with Crippen LogP contribution in [-0.2, 0) is 12.8 Å². The first-order chi connectivity index (χ1) is 12.0. The van der Waals surface area contributed by atoms with E-state index in [4.69, 9.17) is 4.98 Å². The quantitative estimate of drug-likeness (QED) is 0.655. The topological polar surface area (TPSA) is 83.6 Å². The van der Waals surface area contributed by atoms with E-state index in [-0.39, 0.29) is 10.8 Å². The molecule has 0 saturated heterocycles. The van der Waals surface area contributed by atoms with Crippen molar-refractivity contribution in [2.24, 2.45) is 5.92 Å². The van der Waals surface area contributed by atoms with Crippen molar-refractivity contribution in [3.8, 4) is 0 Å². The van der Waals surface area contributed by atoms with E-state index in [1.54, 1.807) is 23.1 Å². The SMILES string of the molecule is CNc1nnc(S[C@@H](C)c2nc3sc4c(c3c(=O)[nH]2)CC[C@@H](C)C4)s1. The third kappa shape index (κ3) is 3.20. The zero-order valence-electron chi connectivity index (χ0n) is 14.3. The van der Waals surface area contributed by atoms with E-state index in [1.165, 1.54) is 21.8 Å². The number of anilines is 1. The van der Waals surface area contributed by atoms with Crippen LogP contribution in [-0.4, -0.2) is 27.2 Å². The molecule has 9 heteroatoms. The van der Waals surface area contributed by atoms with Crippen molar-refractivity contribution in [3.05, 3.63) is 26.6 Å². The Bertz CT molecular complexity index is 976. The third-order valence-electron chi connectivity index (χ3n) is 4.47. The highest BCUT2D eigenvalue weighted by Gasteiger charge is 2.24. The van der Waals surface area contributed by atoms with E-state index >= 15 is 0 Å². The van der Waals surface area contributed by atoms with Crippen molar-refractivity contribution in [2.45, 2.75) is 42.7 Å². The molecule has 1 aliphatic rings. The molecule has 0 amide bonds. The standard InChI is InChI=1S/C16H19N5OS3/c1-7-4-5-9-10(6-7)24-14-11(9)13(22)18-12(19-14)8(2)23-16-21-20-15(17-3)25-16/h7-8H,4-6H2,1-3H3,(H,17,20)(H,18,19,22)/t7-,8+/m1/s1. The minimum Gasteiger partial charge on any atom is -0.363 e. The Morgan fingerprint density at radius 3 is 2.96 bits per heavy atom. The summed E-state index contributed by atoms with van der Waals surface area (Å²) in [5.41, 5.74) is 1.22. The Balaban J connectivity index is 1.67. The smallest absolute Gasteiger partial charge is 0.259 e. The number of hydrogen-bond donors (Lipinski definition) is 2. The lowest BCUT2D eigenvalue weighted by Crippen LogP contribution is -2.15. The molecule has 0 spiro atoms. The second kappa shape index (κ2) is 6.69. The van der Waals surface area contributed by atoms with Gasteiger partial charge in [0, 0.05) is 11.9 Å². The van der Waals surface area contributed by atoms with Crippen molar-refractivity contribution >= 4 is 49.8 Å². The molecule has 1 aliphatic carbocycles. The Hall–Kier alpha value is -1.45. The van der Waals surface area contributed by atoms with E-state index in [0.717, 1.165) is 39.0 Å². The normalized spacial score (nSPS) is 18.3. The van der Waals surface area contributed by atoms with E-state index in [2.05, 4.69) is 27.4 Å². The van der Waals surface area contributed by atoms with Crippen LogP contribution < -0.4 is 10.9 Å². The van der Waals surface area contributed by atoms with Crippen LogP contribution in [0.4, 0.5) is 5.13 Å². The van der Waals surface area contributed by atoms with E-state index in [9.17, 15) is 4.79 Å². The molecule has 0 saturated carbocycles. The minimum absolute atomic E-state index is 0.00678. The Kier molecular flexibility index (Phi) is 4.55. The molecule has 3 aromatic heterocycles. The van der Waals surface area contributed by atoms with Gasteiger partial charge in [-0.1, -0.05) is 30.0 Å². The zero-order valence-corrected chi connectivity index (χ0v) is 16.7. The third-order valence-corrected chi connectivity index (χ3v) is 7.75. The van der Waals surface area contributed by atoms with Gasteiger partial charge < -0.3 is 10.3 Å². The molecule has 25 heavy (non-hydrogen) atoms. The molecule has 0 aliphatic heterocycles. The average Bonchev–Trinajstić information content (AvgIpc) is 3.17. The number of hydrogen-bond acceptors (Lipinski definition) is 8. The number of aryl methyl sites for hydroxylation is 1. The van der Waals surface area contributed by atoms with Crippen molar-refractivity contribution in [3.63, 3.8) is 0 Å². The number of nitrogens with one attached hydrogen (secondary N) is 2. The number of rotatable bonds is 4. The lowest BCUT2D eigenvalue weighted by Gasteiger charge is -2.17. The summed E-state index contributed by atoms with van der Waals surface area (Å²) in [6, 6.07) is 0. The Labute approximate surface area is 157 Å². The molecule has 2 N–H and O–H groups in total.